The van der Waals surface area contributed by atoms with E-state index in [0.29, 0.717) is 0 Å². The van der Waals surface area contributed by atoms with Gasteiger partial charge in [-0.3, -0.25) is 0 Å². The average Bonchev–Trinajstić information content (AvgIpc) is 3.61. The molecule has 0 aliphatic carbocycles. The molecule has 0 bridgehead atoms. The van der Waals surface area contributed by atoms with E-state index < -0.39 is 0 Å². The highest BCUT2D eigenvalue weighted by molar-refractivity contribution is 6.12. The molecule has 0 fully saturated rings. The number of aromatic nitrogens is 2. The van der Waals surface area contributed by atoms with Gasteiger partial charge >= 0.3 is 0 Å². The van der Waals surface area contributed by atoms with E-state index in [-0.39, 0.29) is 0 Å². The molecule has 2 nitrogen and oxygen atoms in total. The molecule has 0 N–H and O–H groups in total. The lowest BCUT2D eigenvalue weighted by Gasteiger charge is -2.16. The van der Waals surface area contributed by atoms with Crippen molar-refractivity contribution in [1.82, 2.24) is 9.13 Å². The van der Waals surface area contributed by atoms with Crippen LogP contribution in [0.3, 0.4) is 0 Å². The molecule has 0 aliphatic rings. The summed E-state index contributed by atoms with van der Waals surface area (Å²) in [6.07, 6.45) is 0. The van der Waals surface area contributed by atoms with Crippen molar-refractivity contribution in [3.63, 3.8) is 0 Å². The fourth-order valence-electron chi connectivity index (χ4n) is 7.57. The van der Waals surface area contributed by atoms with Crippen molar-refractivity contribution in [2.45, 2.75) is 20.8 Å². The first-order valence-corrected chi connectivity index (χ1v) is 16.4. The second-order valence-corrected chi connectivity index (χ2v) is 12.8. The standard InChI is InChI=1S/C45H34N2/c1-29-19-23-34(24-20-29)46-42-16-8-6-13-37(42)39-27-32(21-25-44(39)46)33-22-26-45-40(28-33)38-14-7-9-17-43(38)47(45)41-18-10-15-36(31(41)3)35-12-5-4-11-30(35)2/h4-28H,1-3H3. The van der Waals surface area contributed by atoms with Crippen LogP contribution in [0.4, 0.5) is 0 Å². The Morgan fingerprint density at radius 3 is 1.57 bits per heavy atom. The fourth-order valence-corrected chi connectivity index (χ4v) is 7.57. The number of nitrogens with zero attached hydrogens (tertiary/aromatic N) is 2. The highest BCUT2D eigenvalue weighted by atomic mass is 15.0. The third-order valence-electron chi connectivity index (χ3n) is 9.95. The summed E-state index contributed by atoms with van der Waals surface area (Å²) >= 11 is 0. The van der Waals surface area contributed by atoms with Crippen molar-refractivity contribution in [2.24, 2.45) is 0 Å². The first kappa shape index (κ1) is 27.5. The molecule has 2 heterocycles. The maximum Gasteiger partial charge on any atom is 0.0541 e. The molecular weight excluding hydrogens is 569 g/mol. The number of rotatable bonds is 4. The lowest BCUT2D eigenvalue weighted by Crippen LogP contribution is -1.99. The first-order valence-electron chi connectivity index (χ1n) is 16.4. The molecule has 2 aromatic heterocycles. The minimum Gasteiger partial charge on any atom is -0.309 e. The van der Waals surface area contributed by atoms with Crippen LogP contribution in [0, 0.1) is 20.8 Å². The molecule has 47 heavy (non-hydrogen) atoms. The molecule has 224 valence electrons. The Balaban J connectivity index is 1.23. The highest BCUT2D eigenvalue weighted by Crippen LogP contribution is 2.39. The predicted molar refractivity (Wildman–Crippen MR) is 200 cm³/mol. The van der Waals surface area contributed by atoms with Crippen molar-refractivity contribution in [2.75, 3.05) is 0 Å². The van der Waals surface area contributed by atoms with Crippen LogP contribution >= 0.6 is 0 Å². The van der Waals surface area contributed by atoms with Gasteiger partial charge in [-0.2, -0.15) is 0 Å². The minimum absolute atomic E-state index is 1.19. The van der Waals surface area contributed by atoms with Crippen LogP contribution in [0.25, 0.3) is 77.2 Å². The van der Waals surface area contributed by atoms with Crippen molar-refractivity contribution < 1.29 is 0 Å². The van der Waals surface area contributed by atoms with Gasteiger partial charge in [-0.1, -0.05) is 103 Å². The van der Waals surface area contributed by atoms with Gasteiger partial charge in [0.05, 0.1) is 22.1 Å². The number of fused-ring (bicyclic) bond motifs is 6. The van der Waals surface area contributed by atoms with E-state index in [2.05, 4.69) is 182 Å². The number of benzene rings is 7. The Kier molecular flexibility index (Phi) is 6.20. The SMILES string of the molecule is Cc1ccc(-n2c3ccccc3c3cc(-c4ccc5c(c4)c4ccccc4n5-c4cccc(-c5ccccc5C)c4C)ccc32)cc1. The summed E-state index contributed by atoms with van der Waals surface area (Å²) in [5.41, 5.74) is 16.1. The second kappa shape index (κ2) is 10.6. The summed E-state index contributed by atoms with van der Waals surface area (Å²) in [4.78, 5) is 0. The van der Waals surface area contributed by atoms with Crippen LogP contribution in [-0.2, 0) is 0 Å². The largest absolute Gasteiger partial charge is 0.309 e. The third-order valence-corrected chi connectivity index (χ3v) is 9.95. The van der Waals surface area contributed by atoms with E-state index >= 15 is 0 Å². The molecular formula is C45H34N2. The molecule has 9 rings (SSSR count). The van der Waals surface area contributed by atoms with Crippen LogP contribution in [0.1, 0.15) is 16.7 Å². The van der Waals surface area contributed by atoms with Crippen molar-refractivity contribution in [3.8, 4) is 33.6 Å². The molecule has 2 heteroatoms. The van der Waals surface area contributed by atoms with Crippen LogP contribution < -0.4 is 0 Å². The second-order valence-electron chi connectivity index (χ2n) is 12.8. The molecule has 0 saturated heterocycles. The molecule has 0 amide bonds. The van der Waals surface area contributed by atoms with Crippen LogP contribution in [0.5, 0.6) is 0 Å². The first-order chi connectivity index (χ1) is 23.1. The van der Waals surface area contributed by atoms with E-state index in [1.165, 1.54) is 93.9 Å². The number of aryl methyl sites for hydroxylation is 2. The number of para-hydroxylation sites is 2. The van der Waals surface area contributed by atoms with Gasteiger partial charge in [0, 0.05) is 32.9 Å². The monoisotopic (exact) mass is 602 g/mol. The van der Waals surface area contributed by atoms with Crippen molar-refractivity contribution >= 4 is 43.6 Å². The smallest absolute Gasteiger partial charge is 0.0541 e. The van der Waals surface area contributed by atoms with Gasteiger partial charge in [0.15, 0.2) is 0 Å². The van der Waals surface area contributed by atoms with Gasteiger partial charge in [-0.15, -0.1) is 0 Å². The summed E-state index contributed by atoms with van der Waals surface area (Å²) in [5, 5.41) is 5.07. The molecule has 0 saturated carbocycles. The maximum atomic E-state index is 2.45. The molecule has 9 aromatic rings. The lowest BCUT2D eigenvalue weighted by atomic mass is 9.95. The molecule has 0 unspecified atom stereocenters. The van der Waals surface area contributed by atoms with E-state index in [1.54, 1.807) is 0 Å². The zero-order valence-corrected chi connectivity index (χ0v) is 26.8. The van der Waals surface area contributed by atoms with Gasteiger partial charge in [0.2, 0.25) is 0 Å². The normalized spacial score (nSPS) is 11.7. The summed E-state index contributed by atoms with van der Waals surface area (Å²) < 4.78 is 4.84. The summed E-state index contributed by atoms with van der Waals surface area (Å²) in [5.74, 6) is 0. The summed E-state index contributed by atoms with van der Waals surface area (Å²) in [6, 6.07) is 55.7. The van der Waals surface area contributed by atoms with E-state index in [1.807, 2.05) is 0 Å². The van der Waals surface area contributed by atoms with Gasteiger partial charge in [-0.05, 0) is 109 Å². The van der Waals surface area contributed by atoms with Crippen molar-refractivity contribution in [1.29, 1.82) is 0 Å². The van der Waals surface area contributed by atoms with E-state index in [0.717, 1.165) is 0 Å². The quantitative estimate of drug-likeness (QED) is 0.190. The van der Waals surface area contributed by atoms with Gasteiger partial charge in [0.1, 0.15) is 0 Å². The third kappa shape index (κ3) is 4.26. The van der Waals surface area contributed by atoms with Crippen molar-refractivity contribution in [3.05, 3.63) is 168 Å². The van der Waals surface area contributed by atoms with Crippen LogP contribution in [0.15, 0.2) is 152 Å². The maximum absolute atomic E-state index is 2.45. The van der Waals surface area contributed by atoms with Crippen LogP contribution in [0.2, 0.25) is 0 Å². The topological polar surface area (TPSA) is 9.86 Å². The van der Waals surface area contributed by atoms with Crippen LogP contribution in [-0.4, -0.2) is 9.13 Å². The Morgan fingerprint density at radius 2 is 0.915 bits per heavy atom. The Bertz CT molecular complexity index is 2650. The Hall–Kier alpha value is -5.86. The molecule has 0 spiro atoms. The zero-order valence-electron chi connectivity index (χ0n) is 26.8. The van der Waals surface area contributed by atoms with Gasteiger partial charge in [-0.25, -0.2) is 0 Å². The van der Waals surface area contributed by atoms with E-state index in [4.69, 9.17) is 0 Å². The minimum atomic E-state index is 1.19. The Labute approximate surface area is 274 Å². The number of hydrogen-bond donors (Lipinski definition) is 0. The molecule has 0 radical (unpaired) electrons. The highest BCUT2D eigenvalue weighted by Gasteiger charge is 2.18. The fraction of sp³-hybridized carbons (Fsp3) is 0.0667. The predicted octanol–water partition coefficient (Wildman–Crippen LogP) is 12.1. The average molecular weight is 603 g/mol. The summed E-state index contributed by atoms with van der Waals surface area (Å²) in [6.45, 7) is 6.59. The van der Waals surface area contributed by atoms with Gasteiger partial charge < -0.3 is 9.13 Å². The van der Waals surface area contributed by atoms with E-state index in [9.17, 15) is 0 Å². The zero-order chi connectivity index (χ0) is 31.6. The number of hydrogen-bond acceptors (Lipinski definition) is 0. The molecule has 0 aliphatic heterocycles. The lowest BCUT2D eigenvalue weighted by molar-refractivity contribution is 1.15. The summed E-state index contributed by atoms with van der Waals surface area (Å²) in [7, 11) is 0. The Morgan fingerprint density at radius 1 is 0.383 bits per heavy atom. The van der Waals surface area contributed by atoms with Gasteiger partial charge in [0.25, 0.3) is 0 Å². The molecule has 7 aromatic carbocycles. The molecule has 0 atom stereocenters.